The maximum Gasteiger partial charge on any atom is 0.0401 e. The van der Waals surface area contributed by atoms with Gasteiger partial charge in [-0.15, -0.1) is 0 Å². The van der Waals surface area contributed by atoms with Crippen LogP contribution in [0.25, 0.3) is 32.7 Å². The zero-order valence-electron chi connectivity index (χ0n) is 12.4. The summed E-state index contributed by atoms with van der Waals surface area (Å²) in [7, 11) is 0. The first-order valence-corrected chi connectivity index (χ1v) is 7.30. The molecule has 2 nitrogen and oxygen atoms in total. The van der Waals surface area contributed by atoms with Crippen LogP contribution in [0, 0.1) is 0 Å². The fourth-order valence-electron chi connectivity index (χ4n) is 3.13. The van der Waals surface area contributed by atoms with Crippen molar-refractivity contribution in [1.29, 1.82) is 0 Å². The molecular formula is C20H16N2Pt. The molecule has 0 bridgehead atoms. The van der Waals surface area contributed by atoms with E-state index in [4.69, 9.17) is 11.5 Å². The van der Waals surface area contributed by atoms with Gasteiger partial charge < -0.3 is 11.5 Å². The van der Waals surface area contributed by atoms with Gasteiger partial charge in [-0.25, -0.2) is 0 Å². The molecule has 23 heavy (non-hydrogen) atoms. The Labute approximate surface area is 149 Å². The molecule has 0 atom stereocenters. The Hall–Kier alpha value is -2.31. The SMILES string of the molecule is Nc1ccc2ccccc2c1-c1c(N)ccc2ccccc12.[Pt]. The predicted molar refractivity (Wildman–Crippen MR) is 95.7 cm³/mol. The van der Waals surface area contributed by atoms with Gasteiger partial charge in [0.15, 0.2) is 0 Å². The molecule has 4 rings (SSSR count). The molecule has 0 spiro atoms. The van der Waals surface area contributed by atoms with Crippen LogP contribution in [0.2, 0.25) is 0 Å². The topological polar surface area (TPSA) is 52.0 Å². The molecule has 4 aromatic rings. The molecule has 0 aromatic heterocycles. The van der Waals surface area contributed by atoms with E-state index in [1.807, 2.05) is 36.4 Å². The summed E-state index contributed by atoms with van der Waals surface area (Å²) in [6, 6.07) is 24.6. The molecule has 0 fully saturated rings. The Bertz CT molecular complexity index is 925. The molecule has 0 aliphatic heterocycles. The summed E-state index contributed by atoms with van der Waals surface area (Å²) in [5.74, 6) is 0. The number of hydrogen-bond donors (Lipinski definition) is 2. The van der Waals surface area contributed by atoms with Gasteiger partial charge in [0, 0.05) is 43.6 Å². The van der Waals surface area contributed by atoms with Crippen LogP contribution in [0.1, 0.15) is 0 Å². The van der Waals surface area contributed by atoms with E-state index in [1.165, 1.54) is 10.8 Å². The summed E-state index contributed by atoms with van der Waals surface area (Å²) in [5, 5.41) is 4.59. The van der Waals surface area contributed by atoms with Crippen LogP contribution in [0.3, 0.4) is 0 Å². The molecule has 3 heteroatoms. The van der Waals surface area contributed by atoms with Crippen molar-refractivity contribution in [3.05, 3.63) is 72.8 Å². The van der Waals surface area contributed by atoms with E-state index in [9.17, 15) is 0 Å². The van der Waals surface area contributed by atoms with E-state index in [0.717, 1.165) is 33.3 Å². The van der Waals surface area contributed by atoms with Crippen LogP contribution in [0.5, 0.6) is 0 Å². The Morgan fingerprint density at radius 2 is 0.870 bits per heavy atom. The first-order chi connectivity index (χ1) is 10.8. The van der Waals surface area contributed by atoms with Crippen LogP contribution in [0.4, 0.5) is 11.4 Å². The van der Waals surface area contributed by atoms with E-state index >= 15 is 0 Å². The van der Waals surface area contributed by atoms with Gasteiger partial charge in [-0.1, -0.05) is 60.7 Å². The third-order valence-electron chi connectivity index (χ3n) is 4.17. The van der Waals surface area contributed by atoms with E-state index in [0.29, 0.717) is 0 Å². The monoisotopic (exact) mass is 479 g/mol. The molecular weight excluding hydrogens is 463 g/mol. The van der Waals surface area contributed by atoms with E-state index in [1.54, 1.807) is 0 Å². The summed E-state index contributed by atoms with van der Waals surface area (Å²) < 4.78 is 0. The fourth-order valence-corrected chi connectivity index (χ4v) is 3.13. The first kappa shape index (κ1) is 15.6. The molecule has 0 aliphatic carbocycles. The minimum Gasteiger partial charge on any atom is -0.398 e. The third kappa shape index (κ3) is 2.50. The van der Waals surface area contributed by atoms with Gasteiger partial charge in [0.25, 0.3) is 0 Å². The average Bonchev–Trinajstić information content (AvgIpc) is 2.56. The first-order valence-electron chi connectivity index (χ1n) is 7.30. The molecule has 4 aromatic carbocycles. The molecule has 0 saturated carbocycles. The van der Waals surface area contributed by atoms with Crippen LogP contribution in [-0.2, 0) is 21.1 Å². The van der Waals surface area contributed by atoms with E-state index < -0.39 is 0 Å². The second-order valence-electron chi connectivity index (χ2n) is 5.50. The molecule has 0 heterocycles. The molecule has 0 amide bonds. The van der Waals surface area contributed by atoms with Crippen molar-refractivity contribution in [2.45, 2.75) is 0 Å². The standard InChI is InChI=1S/C20H16N2.Pt/c21-17-11-9-13-5-1-3-7-15(13)19(17)20-16-8-4-2-6-14(16)10-12-18(20)22;/h1-12H,21-22H2;. The average molecular weight is 479 g/mol. The summed E-state index contributed by atoms with van der Waals surface area (Å²) in [6.07, 6.45) is 0. The minimum absolute atomic E-state index is 0. The van der Waals surface area contributed by atoms with Crippen molar-refractivity contribution in [3.8, 4) is 11.1 Å². The Morgan fingerprint density at radius 3 is 1.30 bits per heavy atom. The fraction of sp³-hybridized carbons (Fsp3) is 0. The Balaban J connectivity index is 0.00000156. The number of hydrogen-bond acceptors (Lipinski definition) is 2. The largest absolute Gasteiger partial charge is 0.398 e. The number of nitrogens with two attached hydrogens (primary N) is 2. The molecule has 116 valence electrons. The van der Waals surface area contributed by atoms with Gasteiger partial charge in [-0.3, -0.25) is 0 Å². The van der Waals surface area contributed by atoms with Crippen molar-refractivity contribution >= 4 is 32.9 Å². The van der Waals surface area contributed by atoms with E-state index in [2.05, 4.69) is 36.4 Å². The Kier molecular flexibility index (Phi) is 4.10. The van der Waals surface area contributed by atoms with Gasteiger partial charge in [0.1, 0.15) is 0 Å². The van der Waals surface area contributed by atoms with Gasteiger partial charge in [0.2, 0.25) is 0 Å². The van der Waals surface area contributed by atoms with Crippen LogP contribution in [0.15, 0.2) is 72.8 Å². The molecule has 0 saturated heterocycles. The van der Waals surface area contributed by atoms with Crippen molar-refractivity contribution in [3.63, 3.8) is 0 Å². The minimum atomic E-state index is 0. The molecule has 0 radical (unpaired) electrons. The van der Waals surface area contributed by atoms with Crippen molar-refractivity contribution in [1.82, 2.24) is 0 Å². The van der Waals surface area contributed by atoms with Crippen LogP contribution < -0.4 is 11.5 Å². The van der Waals surface area contributed by atoms with Crippen LogP contribution >= 0.6 is 0 Å². The van der Waals surface area contributed by atoms with Gasteiger partial charge >= 0.3 is 0 Å². The normalized spacial score (nSPS) is 10.6. The molecule has 0 unspecified atom stereocenters. The smallest absolute Gasteiger partial charge is 0.0401 e. The quantitative estimate of drug-likeness (QED) is 0.385. The molecule has 4 N–H and O–H groups in total. The number of benzene rings is 4. The second kappa shape index (κ2) is 6.06. The van der Waals surface area contributed by atoms with Gasteiger partial charge in [-0.05, 0) is 33.7 Å². The number of rotatable bonds is 1. The maximum atomic E-state index is 6.32. The zero-order valence-corrected chi connectivity index (χ0v) is 14.7. The number of anilines is 2. The maximum absolute atomic E-state index is 6.32. The van der Waals surface area contributed by atoms with Gasteiger partial charge in [-0.2, -0.15) is 0 Å². The summed E-state index contributed by atoms with van der Waals surface area (Å²) >= 11 is 0. The zero-order chi connectivity index (χ0) is 15.1. The number of fused-ring (bicyclic) bond motifs is 2. The van der Waals surface area contributed by atoms with Crippen molar-refractivity contribution in [2.75, 3.05) is 11.5 Å². The van der Waals surface area contributed by atoms with Crippen LogP contribution in [-0.4, -0.2) is 0 Å². The van der Waals surface area contributed by atoms with Crippen molar-refractivity contribution in [2.24, 2.45) is 0 Å². The summed E-state index contributed by atoms with van der Waals surface area (Å²) in [6.45, 7) is 0. The predicted octanol–water partition coefficient (Wildman–Crippen LogP) is 4.82. The Morgan fingerprint density at radius 1 is 0.478 bits per heavy atom. The molecule has 0 aliphatic rings. The number of nitrogen functional groups attached to an aromatic ring is 2. The third-order valence-corrected chi connectivity index (χ3v) is 4.17. The van der Waals surface area contributed by atoms with Gasteiger partial charge in [0.05, 0.1) is 0 Å². The summed E-state index contributed by atoms with van der Waals surface area (Å²) in [4.78, 5) is 0. The summed E-state index contributed by atoms with van der Waals surface area (Å²) in [5.41, 5.74) is 16.2. The van der Waals surface area contributed by atoms with Crippen molar-refractivity contribution < 1.29 is 21.1 Å². The second-order valence-corrected chi connectivity index (χ2v) is 5.50. The van der Waals surface area contributed by atoms with E-state index in [-0.39, 0.29) is 21.1 Å².